The second-order valence-electron chi connectivity index (χ2n) is 4.83. The van der Waals surface area contributed by atoms with Crippen molar-refractivity contribution in [3.05, 3.63) is 46.8 Å². The van der Waals surface area contributed by atoms with Crippen molar-refractivity contribution in [2.75, 3.05) is 5.32 Å². The summed E-state index contributed by atoms with van der Waals surface area (Å²) in [7, 11) is 0. The molecule has 1 aromatic heterocycles. The maximum absolute atomic E-state index is 9.39. The molecular weight excluding hydrogens is 252 g/mol. The largest absolute Gasteiger partial charge is 0.383 e. The number of fused-ring (bicyclic) bond motifs is 1. The number of anilines is 1. The Morgan fingerprint density at radius 1 is 1.35 bits per heavy atom. The summed E-state index contributed by atoms with van der Waals surface area (Å²) in [4.78, 5) is 4.11. The molecule has 0 aliphatic carbocycles. The van der Waals surface area contributed by atoms with Crippen LogP contribution in [0.2, 0.25) is 0 Å². The number of aryl methyl sites for hydroxylation is 2. The van der Waals surface area contributed by atoms with E-state index in [2.05, 4.69) is 34.5 Å². The first kappa shape index (κ1) is 12.2. The predicted octanol–water partition coefficient (Wildman–Crippen LogP) is 1.71. The zero-order valence-corrected chi connectivity index (χ0v) is 11.3. The first-order valence-electron chi connectivity index (χ1n) is 6.25. The van der Waals surface area contributed by atoms with E-state index in [1.54, 1.807) is 0 Å². The highest BCUT2D eigenvalue weighted by molar-refractivity contribution is 5.65. The molecule has 3 rings (SSSR count). The second kappa shape index (κ2) is 4.38. The molecule has 0 fully saturated rings. The number of nitriles is 1. The summed E-state index contributed by atoms with van der Waals surface area (Å²) in [6.45, 7) is 4.10. The molecule has 1 aromatic carbocycles. The van der Waals surface area contributed by atoms with Gasteiger partial charge in [0.15, 0.2) is 0 Å². The lowest BCUT2D eigenvalue weighted by atomic mass is 9.95. The lowest BCUT2D eigenvalue weighted by molar-refractivity contribution is 0.794. The summed E-state index contributed by atoms with van der Waals surface area (Å²) in [5.74, 6) is 0.867. The van der Waals surface area contributed by atoms with Crippen molar-refractivity contribution in [2.45, 2.75) is 19.9 Å². The molecule has 0 radical (unpaired) electrons. The van der Waals surface area contributed by atoms with E-state index in [0.717, 1.165) is 5.56 Å². The maximum atomic E-state index is 9.39. The standard InChI is InChI=1S/C14H14N6/c1-8-3-4-10(5-9(8)2)12-11(6-15)13(16)20-14(19-12)17-7-18-20/h3-5,7,12H,16H2,1-2H3,(H,17,18,19)/t12-/m0/s1. The van der Waals surface area contributed by atoms with Gasteiger partial charge in [0, 0.05) is 0 Å². The molecule has 6 nitrogen and oxygen atoms in total. The minimum absolute atomic E-state index is 0.295. The molecular formula is C14H14N6. The normalized spacial score (nSPS) is 17.4. The van der Waals surface area contributed by atoms with Gasteiger partial charge in [-0.2, -0.15) is 20.0 Å². The second-order valence-corrected chi connectivity index (χ2v) is 4.83. The third-order valence-corrected chi connectivity index (χ3v) is 3.60. The summed E-state index contributed by atoms with van der Waals surface area (Å²) < 4.78 is 1.44. The highest BCUT2D eigenvalue weighted by Crippen LogP contribution is 2.32. The molecule has 1 atom stereocenters. The summed E-state index contributed by atoms with van der Waals surface area (Å²) in [5, 5.41) is 16.6. The molecule has 0 saturated heterocycles. The molecule has 0 spiro atoms. The first-order chi connectivity index (χ1) is 9.61. The van der Waals surface area contributed by atoms with Gasteiger partial charge in [0.2, 0.25) is 5.95 Å². The van der Waals surface area contributed by atoms with Gasteiger partial charge in [-0.15, -0.1) is 0 Å². The number of rotatable bonds is 1. The molecule has 0 saturated carbocycles. The quantitative estimate of drug-likeness (QED) is 0.819. The van der Waals surface area contributed by atoms with Crippen LogP contribution in [0.15, 0.2) is 30.1 Å². The van der Waals surface area contributed by atoms with E-state index in [9.17, 15) is 5.26 Å². The van der Waals surface area contributed by atoms with Gasteiger partial charge in [-0.25, -0.2) is 0 Å². The number of benzene rings is 1. The monoisotopic (exact) mass is 266 g/mol. The Kier molecular flexibility index (Phi) is 2.68. The summed E-state index contributed by atoms with van der Waals surface area (Å²) >= 11 is 0. The third-order valence-electron chi connectivity index (χ3n) is 3.60. The summed E-state index contributed by atoms with van der Waals surface area (Å²) in [5.41, 5.74) is 9.84. The van der Waals surface area contributed by atoms with Crippen LogP contribution in [-0.4, -0.2) is 14.8 Å². The van der Waals surface area contributed by atoms with Crippen molar-refractivity contribution in [1.82, 2.24) is 14.8 Å². The highest BCUT2D eigenvalue weighted by Gasteiger charge is 2.28. The van der Waals surface area contributed by atoms with E-state index in [0.29, 0.717) is 17.3 Å². The average molecular weight is 266 g/mol. The van der Waals surface area contributed by atoms with Crippen molar-refractivity contribution in [2.24, 2.45) is 5.73 Å². The lowest BCUT2D eigenvalue weighted by Crippen LogP contribution is -2.27. The molecule has 2 heterocycles. The van der Waals surface area contributed by atoms with Crippen molar-refractivity contribution in [3.8, 4) is 6.07 Å². The minimum Gasteiger partial charge on any atom is -0.383 e. The van der Waals surface area contributed by atoms with Gasteiger partial charge in [0.25, 0.3) is 0 Å². The first-order valence-corrected chi connectivity index (χ1v) is 6.25. The number of aromatic nitrogens is 3. The van der Waals surface area contributed by atoms with Gasteiger partial charge in [-0.3, -0.25) is 0 Å². The van der Waals surface area contributed by atoms with Crippen LogP contribution in [-0.2, 0) is 0 Å². The Morgan fingerprint density at radius 2 is 2.15 bits per heavy atom. The minimum atomic E-state index is -0.295. The molecule has 6 heteroatoms. The van der Waals surface area contributed by atoms with Gasteiger partial charge in [0.1, 0.15) is 18.2 Å². The SMILES string of the molecule is Cc1ccc([C@@H]2Nc3ncnn3C(N)=C2C#N)cc1C. The van der Waals surface area contributed by atoms with Gasteiger partial charge >= 0.3 is 0 Å². The maximum Gasteiger partial charge on any atom is 0.228 e. The Labute approximate surface area is 116 Å². The number of hydrogen-bond acceptors (Lipinski definition) is 5. The zero-order valence-electron chi connectivity index (χ0n) is 11.3. The van der Waals surface area contributed by atoms with Crippen LogP contribution in [0, 0.1) is 25.2 Å². The molecule has 20 heavy (non-hydrogen) atoms. The van der Waals surface area contributed by atoms with E-state index in [1.807, 2.05) is 19.1 Å². The van der Waals surface area contributed by atoms with Crippen LogP contribution in [0.5, 0.6) is 0 Å². The van der Waals surface area contributed by atoms with Crippen molar-refractivity contribution in [3.63, 3.8) is 0 Å². The lowest BCUT2D eigenvalue weighted by Gasteiger charge is -2.25. The van der Waals surface area contributed by atoms with E-state index in [4.69, 9.17) is 5.73 Å². The molecule has 0 unspecified atom stereocenters. The topological polar surface area (TPSA) is 92.6 Å². The van der Waals surface area contributed by atoms with Gasteiger partial charge in [-0.05, 0) is 30.5 Å². The fourth-order valence-electron chi connectivity index (χ4n) is 2.30. The van der Waals surface area contributed by atoms with Gasteiger partial charge in [0.05, 0.1) is 11.6 Å². The molecule has 0 bridgehead atoms. The fourth-order valence-corrected chi connectivity index (χ4v) is 2.30. The van der Waals surface area contributed by atoms with E-state index < -0.39 is 0 Å². The van der Waals surface area contributed by atoms with E-state index >= 15 is 0 Å². The molecule has 1 aliphatic rings. The summed E-state index contributed by atoms with van der Waals surface area (Å²) in [6, 6.07) is 7.97. The highest BCUT2D eigenvalue weighted by atomic mass is 15.4. The van der Waals surface area contributed by atoms with Crippen LogP contribution in [0.3, 0.4) is 0 Å². The molecule has 0 amide bonds. The molecule has 1 aliphatic heterocycles. The predicted molar refractivity (Wildman–Crippen MR) is 75.3 cm³/mol. The van der Waals surface area contributed by atoms with E-state index in [1.165, 1.54) is 22.1 Å². The van der Waals surface area contributed by atoms with Crippen molar-refractivity contribution >= 4 is 11.8 Å². The third kappa shape index (κ3) is 1.72. The van der Waals surface area contributed by atoms with Crippen LogP contribution in [0.25, 0.3) is 5.82 Å². The van der Waals surface area contributed by atoms with Crippen LogP contribution in [0.4, 0.5) is 5.95 Å². The van der Waals surface area contributed by atoms with Gasteiger partial charge in [-0.1, -0.05) is 18.2 Å². The van der Waals surface area contributed by atoms with Gasteiger partial charge < -0.3 is 11.1 Å². The Bertz CT molecular complexity index is 749. The molecule has 3 N–H and O–H groups in total. The average Bonchev–Trinajstić information content (AvgIpc) is 2.90. The Hall–Kier alpha value is -2.81. The zero-order chi connectivity index (χ0) is 14.3. The Balaban J connectivity index is 2.13. The van der Waals surface area contributed by atoms with Crippen molar-refractivity contribution in [1.29, 1.82) is 5.26 Å². The van der Waals surface area contributed by atoms with Crippen LogP contribution < -0.4 is 11.1 Å². The number of nitrogens with two attached hydrogens (primary N) is 1. The van der Waals surface area contributed by atoms with Crippen LogP contribution >= 0.6 is 0 Å². The number of nitrogens with zero attached hydrogens (tertiary/aromatic N) is 4. The van der Waals surface area contributed by atoms with Crippen LogP contribution in [0.1, 0.15) is 22.7 Å². The number of hydrogen-bond donors (Lipinski definition) is 2. The fraction of sp³-hybridized carbons (Fsp3) is 0.214. The number of nitrogens with one attached hydrogen (secondary N) is 1. The van der Waals surface area contributed by atoms with Crippen molar-refractivity contribution < 1.29 is 0 Å². The molecule has 2 aromatic rings. The summed E-state index contributed by atoms with van der Waals surface area (Å²) in [6.07, 6.45) is 1.41. The smallest absolute Gasteiger partial charge is 0.228 e. The van der Waals surface area contributed by atoms with E-state index in [-0.39, 0.29) is 6.04 Å². The Morgan fingerprint density at radius 3 is 2.85 bits per heavy atom. The molecule has 100 valence electrons.